The van der Waals surface area contributed by atoms with Crippen molar-refractivity contribution in [2.75, 3.05) is 13.7 Å². The molecule has 0 spiro atoms. The van der Waals surface area contributed by atoms with Crippen LogP contribution in [-0.4, -0.2) is 34.3 Å². The van der Waals surface area contributed by atoms with Crippen LogP contribution < -0.4 is 4.74 Å². The van der Waals surface area contributed by atoms with E-state index in [4.69, 9.17) is 32.4 Å². The molecule has 1 aliphatic heterocycles. The predicted octanol–water partition coefficient (Wildman–Crippen LogP) is 6.73. The summed E-state index contributed by atoms with van der Waals surface area (Å²) in [5.74, 6) is 0.492. The first-order valence-corrected chi connectivity index (χ1v) is 11.6. The first-order chi connectivity index (χ1) is 16.7. The number of benzene rings is 2. The zero-order valence-corrected chi connectivity index (χ0v) is 19.8. The van der Waals surface area contributed by atoms with Gasteiger partial charge in [-0.3, -0.25) is 4.79 Å². The van der Waals surface area contributed by atoms with Crippen molar-refractivity contribution in [2.24, 2.45) is 0 Å². The van der Waals surface area contributed by atoms with E-state index in [0.717, 1.165) is 22.5 Å². The van der Waals surface area contributed by atoms with Crippen LogP contribution in [0, 0.1) is 0 Å². The van der Waals surface area contributed by atoms with Gasteiger partial charge in [-0.25, -0.2) is 0 Å². The van der Waals surface area contributed by atoms with Gasteiger partial charge in [0.2, 0.25) is 0 Å². The Morgan fingerprint density at radius 2 is 1.94 bits per heavy atom. The normalized spacial score (nSPS) is 16.1. The summed E-state index contributed by atoms with van der Waals surface area (Å²) in [6, 6.07) is 13.1. The number of nitrogens with one attached hydrogen (secondary N) is 1. The van der Waals surface area contributed by atoms with Gasteiger partial charge in [-0.1, -0.05) is 41.4 Å². The number of ether oxygens (including phenoxy) is 1. The topological polar surface area (TPSA) is 58.5 Å². The average molecular weight is 523 g/mol. The molecule has 0 saturated carbocycles. The number of furan rings is 1. The van der Waals surface area contributed by atoms with Crippen LogP contribution >= 0.6 is 23.2 Å². The van der Waals surface area contributed by atoms with E-state index in [0.29, 0.717) is 30.2 Å². The Balaban J connectivity index is 1.65. The van der Waals surface area contributed by atoms with Crippen LogP contribution in [0.2, 0.25) is 0 Å². The number of hydrogen-bond donors (Lipinski definition) is 1. The molecule has 1 aliphatic rings. The highest BCUT2D eigenvalue weighted by molar-refractivity contribution is 6.53. The van der Waals surface area contributed by atoms with Crippen LogP contribution in [0.3, 0.4) is 0 Å². The van der Waals surface area contributed by atoms with Crippen LogP contribution in [0.4, 0.5) is 13.2 Å². The molecule has 182 valence electrons. The number of alkyl halides is 5. The molecular formula is C25H19Cl2F3N2O3. The summed E-state index contributed by atoms with van der Waals surface area (Å²) in [5, 5.41) is 0.930. The van der Waals surface area contributed by atoms with E-state index >= 15 is 0 Å². The van der Waals surface area contributed by atoms with Gasteiger partial charge < -0.3 is 19.0 Å². The van der Waals surface area contributed by atoms with Gasteiger partial charge in [0.25, 0.3) is 5.91 Å². The van der Waals surface area contributed by atoms with E-state index in [1.54, 1.807) is 13.2 Å². The van der Waals surface area contributed by atoms with Crippen LogP contribution in [-0.2, 0) is 17.4 Å². The molecule has 0 aliphatic carbocycles. The summed E-state index contributed by atoms with van der Waals surface area (Å²) in [6.07, 6.45) is -4.03. The molecule has 3 heterocycles. The van der Waals surface area contributed by atoms with Crippen molar-refractivity contribution in [3.05, 3.63) is 77.2 Å². The molecule has 0 unspecified atom stereocenters. The lowest BCUT2D eigenvalue weighted by Gasteiger charge is -2.35. The van der Waals surface area contributed by atoms with Crippen LogP contribution in [0.25, 0.3) is 22.2 Å². The van der Waals surface area contributed by atoms with E-state index in [1.165, 1.54) is 29.2 Å². The van der Waals surface area contributed by atoms with Gasteiger partial charge in [0.1, 0.15) is 23.3 Å². The number of amides is 1. The second-order valence-corrected chi connectivity index (χ2v) is 9.26. The SMILES string of the molecule is COc1ccc2[nH]c3c(c2c1)CCN(C(=O)C(Cl)Cl)[C@@H]3c1ccc(-c2ccccc2C(F)(F)F)o1. The van der Waals surface area contributed by atoms with E-state index in [2.05, 4.69) is 4.98 Å². The van der Waals surface area contributed by atoms with Crippen LogP contribution in [0.15, 0.2) is 59.0 Å². The maximum atomic E-state index is 13.6. The summed E-state index contributed by atoms with van der Waals surface area (Å²) in [7, 11) is 1.58. The third-order valence-corrected chi connectivity index (χ3v) is 6.57. The van der Waals surface area contributed by atoms with Crippen LogP contribution in [0.5, 0.6) is 5.75 Å². The maximum Gasteiger partial charge on any atom is 0.417 e. The van der Waals surface area contributed by atoms with Crippen molar-refractivity contribution in [3.63, 3.8) is 0 Å². The Morgan fingerprint density at radius 3 is 2.66 bits per heavy atom. The Hall–Kier alpha value is -3.10. The molecule has 0 bridgehead atoms. The molecule has 1 amide bonds. The molecule has 2 aromatic heterocycles. The maximum absolute atomic E-state index is 13.6. The number of aromatic nitrogens is 1. The van der Waals surface area contributed by atoms with Gasteiger partial charge in [0.15, 0.2) is 4.84 Å². The fourth-order valence-electron chi connectivity index (χ4n) is 4.64. The number of rotatable bonds is 4. The zero-order valence-electron chi connectivity index (χ0n) is 18.3. The van der Waals surface area contributed by atoms with Gasteiger partial charge in [-0.05, 0) is 48.4 Å². The first kappa shape index (κ1) is 23.6. The Morgan fingerprint density at radius 1 is 1.17 bits per heavy atom. The van der Waals surface area contributed by atoms with Crippen molar-refractivity contribution < 1.29 is 27.1 Å². The number of hydrogen-bond acceptors (Lipinski definition) is 3. The molecule has 0 fully saturated rings. The Kier molecular flexibility index (Phi) is 5.97. The molecule has 1 N–H and O–H groups in total. The predicted molar refractivity (Wildman–Crippen MR) is 127 cm³/mol. The quantitative estimate of drug-likeness (QED) is 0.302. The third kappa shape index (κ3) is 4.15. The van der Waals surface area contributed by atoms with Crippen molar-refractivity contribution in [2.45, 2.75) is 23.5 Å². The van der Waals surface area contributed by atoms with Gasteiger partial charge in [0, 0.05) is 23.0 Å². The summed E-state index contributed by atoms with van der Waals surface area (Å²) in [4.78, 5) is 16.4. The summed E-state index contributed by atoms with van der Waals surface area (Å²) in [6.45, 7) is 0.297. The zero-order chi connectivity index (χ0) is 24.9. The van der Waals surface area contributed by atoms with E-state index in [1.807, 2.05) is 18.2 Å². The van der Waals surface area contributed by atoms with Gasteiger partial charge >= 0.3 is 6.18 Å². The molecule has 1 atom stereocenters. The van der Waals surface area contributed by atoms with E-state index in [9.17, 15) is 18.0 Å². The van der Waals surface area contributed by atoms with Crippen LogP contribution in [0.1, 0.15) is 28.6 Å². The molecule has 5 rings (SSSR count). The van der Waals surface area contributed by atoms with E-state index < -0.39 is 28.5 Å². The molecule has 10 heteroatoms. The van der Waals surface area contributed by atoms with Gasteiger partial charge in [0.05, 0.1) is 18.4 Å². The van der Waals surface area contributed by atoms with Crippen molar-refractivity contribution in [1.82, 2.24) is 9.88 Å². The highest BCUT2D eigenvalue weighted by Gasteiger charge is 2.39. The lowest BCUT2D eigenvalue weighted by Crippen LogP contribution is -2.42. The Labute approximate surface area is 208 Å². The van der Waals surface area contributed by atoms with Gasteiger partial charge in [-0.2, -0.15) is 13.2 Å². The van der Waals surface area contributed by atoms with Crippen molar-refractivity contribution in [1.29, 1.82) is 0 Å². The molecule has 2 aromatic carbocycles. The highest BCUT2D eigenvalue weighted by Crippen LogP contribution is 2.43. The molecule has 5 nitrogen and oxygen atoms in total. The molecule has 35 heavy (non-hydrogen) atoms. The summed E-state index contributed by atoms with van der Waals surface area (Å²) < 4.78 is 52.1. The second-order valence-electron chi connectivity index (χ2n) is 8.16. The average Bonchev–Trinajstić information content (AvgIpc) is 3.47. The number of methoxy groups -OCH3 is 1. The fourth-order valence-corrected chi connectivity index (χ4v) is 4.89. The smallest absolute Gasteiger partial charge is 0.417 e. The molecule has 0 radical (unpaired) electrons. The first-order valence-electron chi connectivity index (χ1n) is 10.7. The minimum atomic E-state index is -4.55. The van der Waals surface area contributed by atoms with Gasteiger partial charge in [-0.15, -0.1) is 0 Å². The third-order valence-electron chi connectivity index (χ3n) is 6.20. The number of aromatic amines is 1. The number of carbonyl (C=O) groups is 1. The lowest BCUT2D eigenvalue weighted by atomic mass is 9.95. The van der Waals surface area contributed by atoms with Crippen molar-refractivity contribution in [3.8, 4) is 17.1 Å². The summed E-state index contributed by atoms with van der Waals surface area (Å²) >= 11 is 11.8. The van der Waals surface area contributed by atoms with Crippen molar-refractivity contribution >= 4 is 40.0 Å². The Bertz CT molecular complexity index is 1410. The standard InChI is InChI=1S/C25H19Cl2F3N2O3/c1-34-13-6-7-18-16(12-13)14-10-11-32(24(33)23(26)27)22(21(14)31-18)20-9-8-19(35-20)15-4-2-3-5-17(15)25(28,29)30/h2-9,12,22-23,31H,10-11H2,1H3/t22-/m1/s1. The lowest BCUT2D eigenvalue weighted by molar-refractivity contribution is -0.137. The largest absolute Gasteiger partial charge is 0.497 e. The number of halogens is 5. The molecule has 0 saturated heterocycles. The molecule has 4 aromatic rings. The highest BCUT2D eigenvalue weighted by atomic mass is 35.5. The minimum absolute atomic E-state index is 0.0403. The number of nitrogens with zero attached hydrogens (tertiary/aromatic N) is 1. The summed E-state index contributed by atoms with van der Waals surface area (Å²) in [5.41, 5.74) is 1.58. The fraction of sp³-hybridized carbons (Fsp3) is 0.240. The number of carbonyl (C=O) groups excluding carboxylic acids is 1. The van der Waals surface area contributed by atoms with E-state index in [-0.39, 0.29) is 11.3 Å². The molecular weight excluding hydrogens is 504 g/mol. The second kappa shape index (κ2) is 8.84. The number of H-pyrrole nitrogens is 1. The minimum Gasteiger partial charge on any atom is -0.497 e. The number of fused-ring (bicyclic) bond motifs is 3. The monoisotopic (exact) mass is 522 g/mol.